The molecule has 0 saturated heterocycles. The molecule has 26 heavy (non-hydrogen) atoms. The average molecular weight is 353 g/mol. The van der Waals surface area contributed by atoms with Crippen LogP contribution < -0.4 is 15.5 Å². The predicted molar refractivity (Wildman–Crippen MR) is 103 cm³/mol. The molecule has 136 valence electrons. The second-order valence-corrected chi connectivity index (χ2v) is 5.93. The highest BCUT2D eigenvalue weighted by atomic mass is 16.5. The molecule has 2 amide bonds. The Balaban J connectivity index is 1.85. The topological polar surface area (TPSA) is 79.8 Å². The summed E-state index contributed by atoms with van der Waals surface area (Å²) in [5.74, 6) is -0.442. The molecule has 0 bridgehead atoms. The summed E-state index contributed by atoms with van der Waals surface area (Å²) in [7, 11) is 0. The highest BCUT2D eigenvalue weighted by molar-refractivity contribution is 6.39. The Morgan fingerprint density at radius 3 is 2.27 bits per heavy atom. The summed E-state index contributed by atoms with van der Waals surface area (Å²) in [6.07, 6.45) is 1.46. The fourth-order valence-corrected chi connectivity index (χ4v) is 2.17. The first-order valence-electron chi connectivity index (χ1n) is 8.46. The number of benzene rings is 2. The Labute approximate surface area is 153 Å². The van der Waals surface area contributed by atoms with E-state index in [-0.39, 0.29) is 0 Å². The Kier molecular flexibility index (Phi) is 6.91. The molecule has 0 aromatic heterocycles. The van der Waals surface area contributed by atoms with Gasteiger partial charge in [0.1, 0.15) is 5.75 Å². The fraction of sp³-hybridized carbons (Fsp3) is 0.250. The van der Waals surface area contributed by atoms with Gasteiger partial charge in [0.25, 0.3) is 0 Å². The maximum Gasteiger partial charge on any atom is 0.329 e. The first kappa shape index (κ1) is 19.2. The third kappa shape index (κ3) is 5.73. The first-order valence-corrected chi connectivity index (χ1v) is 8.46. The maximum absolute atomic E-state index is 11.9. The lowest BCUT2D eigenvalue weighted by Gasteiger charge is -2.07. The van der Waals surface area contributed by atoms with Crippen molar-refractivity contribution >= 4 is 23.7 Å². The maximum atomic E-state index is 11.9. The number of amides is 2. The van der Waals surface area contributed by atoms with Crippen LogP contribution in [-0.4, -0.2) is 24.6 Å². The van der Waals surface area contributed by atoms with E-state index in [4.69, 9.17) is 4.74 Å². The minimum Gasteiger partial charge on any atom is -0.494 e. The molecular formula is C20H23N3O3. The van der Waals surface area contributed by atoms with E-state index >= 15 is 0 Å². The van der Waals surface area contributed by atoms with Crippen LogP contribution in [0.3, 0.4) is 0 Å². The van der Waals surface area contributed by atoms with Crippen molar-refractivity contribution in [3.63, 3.8) is 0 Å². The van der Waals surface area contributed by atoms with Crippen molar-refractivity contribution in [2.75, 3.05) is 11.9 Å². The lowest BCUT2D eigenvalue weighted by molar-refractivity contribution is -0.136. The Bertz CT molecular complexity index is 766. The number of hydrogen-bond acceptors (Lipinski definition) is 4. The van der Waals surface area contributed by atoms with Crippen molar-refractivity contribution in [2.24, 2.45) is 5.10 Å². The van der Waals surface area contributed by atoms with Crippen molar-refractivity contribution in [1.82, 2.24) is 5.43 Å². The molecule has 0 atom stereocenters. The fourth-order valence-electron chi connectivity index (χ4n) is 2.17. The zero-order chi connectivity index (χ0) is 18.9. The summed E-state index contributed by atoms with van der Waals surface area (Å²) in [5.41, 5.74) is 4.70. The number of ether oxygens (including phenoxy) is 1. The number of carbonyl (C=O) groups is 2. The lowest BCUT2D eigenvalue weighted by Crippen LogP contribution is -2.32. The van der Waals surface area contributed by atoms with Gasteiger partial charge in [0, 0.05) is 5.69 Å². The van der Waals surface area contributed by atoms with E-state index < -0.39 is 11.8 Å². The Hall–Kier alpha value is -3.15. The molecule has 0 saturated carbocycles. The second kappa shape index (κ2) is 9.36. The van der Waals surface area contributed by atoms with Gasteiger partial charge in [0.05, 0.1) is 12.8 Å². The van der Waals surface area contributed by atoms with Crippen LogP contribution >= 0.6 is 0 Å². The SMILES string of the molecule is CCOc1ccc(/C=N\NC(=O)C(=O)Nc2ccc(C(C)C)cc2)cc1. The molecule has 6 nitrogen and oxygen atoms in total. The van der Waals surface area contributed by atoms with Gasteiger partial charge in [-0.2, -0.15) is 5.10 Å². The molecule has 2 aromatic rings. The largest absolute Gasteiger partial charge is 0.494 e. The van der Waals surface area contributed by atoms with E-state index in [1.54, 1.807) is 36.4 Å². The number of nitrogens with zero attached hydrogens (tertiary/aromatic N) is 1. The average Bonchev–Trinajstić information content (AvgIpc) is 2.63. The van der Waals surface area contributed by atoms with Crippen LogP contribution in [0.2, 0.25) is 0 Å². The molecule has 0 heterocycles. The molecule has 2 aromatic carbocycles. The molecule has 0 unspecified atom stereocenters. The molecular weight excluding hydrogens is 330 g/mol. The van der Waals surface area contributed by atoms with Crippen LogP contribution in [0, 0.1) is 0 Å². The molecule has 2 rings (SSSR count). The molecule has 0 spiro atoms. The van der Waals surface area contributed by atoms with Gasteiger partial charge in [0.15, 0.2) is 0 Å². The Morgan fingerprint density at radius 1 is 1.04 bits per heavy atom. The highest BCUT2D eigenvalue weighted by Gasteiger charge is 2.12. The van der Waals surface area contributed by atoms with Crippen molar-refractivity contribution in [1.29, 1.82) is 0 Å². The van der Waals surface area contributed by atoms with Crippen LogP contribution in [0.15, 0.2) is 53.6 Å². The molecule has 0 aliphatic rings. The summed E-state index contributed by atoms with van der Waals surface area (Å²) in [6, 6.07) is 14.6. The van der Waals surface area contributed by atoms with Crippen LogP contribution in [0.5, 0.6) is 5.75 Å². The predicted octanol–water partition coefficient (Wildman–Crippen LogP) is 3.30. The van der Waals surface area contributed by atoms with E-state index in [0.717, 1.165) is 16.9 Å². The first-order chi connectivity index (χ1) is 12.5. The third-order valence-corrected chi connectivity index (χ3v) is 3.61. The number of nitrogens with one attached hydrogen (secondary N) is 2. The zero-order valence-corrected chi connectivity index (χ0v) is 15.2. The molecule has 0 aliphatic heterocycles. The number of anilines is 1. The summed E-state index contributed by atoms with van der Waals surface area (Å²) in [4.78, 5) is 23.7. The lowest BCUT2D eigenvalue weighted by atomic mass is 10.0. The highest BCUT2D eigenvalue weighted by Crippen LogP contribution is 2.17. The van der Waals surface area contributed by atoms with Gasteiger partial charge in [-0.3, -0.25) is 9.59 Å². The van der Waals surface area contributed by atoms with Gasteiger partial charge >= 0.3 is 11.8 Å². The number of carbonyl (C=O) groups excluding carboxylic acids is 2. The second-order valence-electron chi connectivity index (χ2n) is 5.93. The van der Waals surface area contributed by atoms with E-state index in [1.807, 2.05) is 19.1 Å². The van der Waals surface area contributed by atoms with E-state index in [9.17, 15) is 9.59 Å². The normalized spacial score (nSPS) is 10.8. The van der Waals surface area contributed by atoms with Crippen LogP contribution in [0.4, 0.5) is 5.69 Å². The Morgan fingerprint density at radius 2 is 1.69 bits per heavy atom. The minimum absolute atomic E-state index is 0.403. The molecule has 2 N–H and O–H groups in total. The van der Waals surface area contributed by atoms with Gasteiger partial charge in [-0.25, -0.2) is 5.43 Å². The van der Waals surface area contributed by atoms with Gasteiger partial charge in [0.2, 0.25) is 0 Å². The summed E-state index contributed by atoms with van der Waals surface area (Å²) >= 11 is 0. The van der Waals surface area contributed by atoms with Crippen LogP contribution in [0.25, 0.3) is 0 Å². The zero-order valence-electron chi connectivity index (χ0n) is 15.2. The number of hydrogen-bond donors (Lipinski definition) is 2. The molecule has 0 radical (unpaired) electrons. The van der Waals surface area contributed by atoms with E-state index in [2.05, 4.69) is 29.7 Å². The molecule has 0 aliphatic carbocycles. The van der Waals surface area contributed by atoms with Gasteiger partial charge in [-0.15, -0.1) is 0 Å². The minimum atomic E-state index is -0.833. The number of rotatable bonds is 6. The molecule has 6 heteroatoms. The van der Waals surface area contributed by atoms with Crippen LogP contribution in [0.1, 0.15) is 37.8 Å². The quantitative estimate of drug-likeness (QED) is 0.475. The summed E-state index contributed by atoms with van der Waals surface area (Å²) < 4.78 is 5.34. The number of hydrazone groups is 1. The standard InChI is InChI=1S/C20H23N3O3/c1-4-26-18-11-5-15(6-12-18)13-21-23-20(25)19(24)22-17-9-7-16(8-10-17)14(2)3/h5-14H,4H2,1-3H3,(H,22,24)(H,23,25)/b21-13-. The molecule has 0 fully saturated rings. The summed E-state index contributed by atoms with van der Waals surface area (Å²) in [5, 5.41) is 6.33. The van der Waals surface area contributed by atoms with Gasteiger partial charge in [-0.1, -0.05) is 26.0 Å². The van der Waals surface area contributed by atoms with Crippen LogP contribution in [-0.2, 0) is 9.59 Å². The summed E-state index contributed by atoms with van der Waals surface area (Å²) in [6.45, 7) is 6.68. The van der Waals surface area contributed by atoms with Crippen molar-refractivity contribution in [3.05, 3.63) is 59.7 Å². The van der Waals surface area contributed by atoms with Gasteiger partial charge < -0.3 is 10.1 Å². The monoisotopic (exact) mass is 353 g/mol. The van der Waals surface area contributed by atoms with Crippen molar-refractivity contribution < 1.29 is 14.3 Å². The van der Waals surface area contributed by atoms with Crippen molar-refractivity contribution in [3.8, 4) is 5.75 Å². The van der Waals surface area contributed by atoms with E-state index in [0.29, 0.717) is 18.2 Å². The van der Waals surface area contributed by atoms with Crippen molar-refractivity contribution in [2.45, 2.75) is 26.7 Å². The van der Waals surface area contributed by atoms with E-state index in [1.165, 1.54) is 6.21 Å². The third-order valence-electron chi connectivity index (χ3n) is 3.61. The van der Waals surface area contributed by atoms with Gasteiger partial charge in [-0.05, 0) is 60.4 Å². The smallest absolute Gasteiger partial charge is 0.329 e.